The molecule has 0 aliphatic rings. The second-order valence-corrected chi connectivity index (χ2v) is 6.46. The molecule has 7 nitrogen and oxygen atoms in total. The van der Waals surface area contributed by atoms with E-state index in [9.17, 15) is 13.2 Å². The minimum Gasteiger partial charge on any atom is -0.478 e. The number of nitrogen functional groups attached to an aromatic ring is 1. The molecule has 1 aromatic carbocycles. The number of nitrogens with one attached hydrogen (secondary N) is 1. The number of benzene rings is 1. The number of nitrogens with two attached hydrogens (primary N) is 1. The summed E-state index contributed by atoms with van der Waals surface area (Å²) < 4.78 is 26.8. The van der Waals surface area contributed by atoms with E-state index in [1.54, 1.807) is 0 Å². The van der Waals surface area contributed by atoms with Crippen LogP contribution < -0.4 is 10.5 Å². The average Bonchev–Trinajstić information content (AvgIpc) is 2.35. The Labute approximate surface area is 118 Å². The number of hydrogen-bond donors (Lipinski definition) is 3. The number of hydrogen-bond acceptors (Lipinski definition) is 5. The maximum atomic E-state index is 12.2. The summed E-state index contributed by atoms with van der Waals surface area (Å²) in [5.74, 6) is -1.31. The predicted molar refractivity (Wildman–Crippen MR) is 76.2 cm³/mol. The molecule has 0 saturated carbocycles. The summed E-state index contributed by atoms with van der Waals surface area (Å²) in [6, 6.07) is 3.65. The Morgan fingerprint density at radius 2 is 2.05 bits per heavy atom. The summed E-state index contributed by atoms with van der Waals surface area (Å²) in [7, 11) is -0.281. The summed E-state index contributed by atoms with van der Waals surface area (Å²) in [6.07, 6.45) is 0. The van der Waals surface area contributed by atoms with Crippen molar-refractivity contribution in [3.8, 4) is 0 Å². The zero-order valence-corrected chi connectivity index (χ0v) is 12.4. The number of anilines is 1. The lowest BCUT2D eigenvalue weighted by atomic mass is 10.2. The number of aromatic carboxylic acids is 1. The zero-order chi connectivity index (χ0) is 15.5. The van der Waals surface area contributed by atoms with Crippen molar-refractivity contribution in [3.63, 3.8) is 0 Å². The Bertz CT molecular complexity index is 599. The Kier molecular flexibility index (Phi) is 5.09. The van der Waals surface area contributed by atoms with Crippen LogP contribution in [-0.2, 0) is 10.0 Å². The van der Waals surface area contributed by atoms with E-state index >= 15 is 0 Å². The molecule has 0 radical (unpaired) electrons. The fourth-order valence-corrected chi connectivity index (χ4v) is 2.78. The lowest BCUT2D eigenvalue weighted by Gasteiger charge is -2.20. The standard InChI is InChI=1S/C12H19N3O4S/c1-8(15(2)3)7-14-20(18,19)11-6-9(13)4-5-10(11)12(16)17/h4-6,8,14H,7,13H2,1-3H3,(H,16,17). The SMILES string of the molecule is CC(CNS(=O)(=O)c1cc(N)ccc1C(=O)O)N(C)C. The second kappa shape index (κ2) is 6.21. The summed E-state index contributed by atoms with van der Waals surface area (Å²) in [5.41, 5.74) is 5.42. The van der Waals surface area contributed by atoms with Gasteiger partial charge in [-0.3, -0.25) is 0 Å². The molecule has 8 heteroatoms. The van der Waals surface area contributed by atoms with E-state index in [0.29, 0.717) is 0 Å². The molecule has 0 aliphatic heterocycles. The van der Waals surface area contributed by atoms with Gasteiger partial charge in [-0.2, -0.15) is 0 Å². The van der Waals surface area contributed by atoms with Crippen molar-refractivity contribution in [2.45, 2.75) is 17.9 Å². The third-order valence-corrected chi connectivity index (χ3v) is 4.44. The van der Waals surface area contributed by atoms with Crippen molar-refractivity contribution in [1.29, 1.82) is 0 Å². The normalized spacial score (nSPS) is 13.4. The van der Waals surface area contributed by atoms with Gasteiger partial charge in [0.1, 0.15) is 0 Å². The lowest BCUT2D eigenvalue weighted by Crippen LogP contribution is -2.38. The minimum atomic E-state index is -3.92. The first-order chi connectivity index (χ1) is 9.15. The Balaban J connectivity index is 3.09. The van der Waals surface area contributed by atoms with Crippen LogP contribution in [0.15, 0.2) is 23.1 Å². The van der Waals surface area contributed by atoms with Crippen molar-refractivity contribution >= 4 is 21.7 Å². The molecule has 1 aromatic rings. The average molecular weight is 301 g/mol. The van der Waals surface area contributed by atoms with Crippen molar-refractivity contribution < 1.29 is 18.3 Å². The van der Waals surface area contributed by atoms with Gasteiger partial charge in [-0.15, -0.1) is 0 Å². The van der Waals surface area contributed by atoms with Gasteiger partial charge in [0.15, 0.2) is 0 Å². The molecule has 4 N–H and O–H groups in total. The van der Waals surface area contributed by atoms with Gasteiger partial charge in [0, 0.05) is 18.3 Å². The number of carbonyl (C=O) groups is 1. The van der Waals surface area contributed by atoms with Gasteiger partial charge in [0.25, 0.3) is 0 Å². The molecule has 0 saturated heterocycles. The van der Waals surface area contributed by atoms with E-state index in [4.69, 9.17) is 10.8 Å². The molecule has 0 aromatic heterocycles. The van der Waals surface area contributed by atoms with Gasteiger partial charge in [0.05, 0.1) is 10.5 Å². The minimum absolute atomic E-state index is 0.0286. The zero-order valence-electron chi connectivity index (χ0n) is 11.6. The van der Waals surface area contributed by atoms with Gasteiger partial charge < -0.3 is 15.7 Å². The first-order valence-electron chi connectivity index (χ1n) is 5.94. The molecule has 0 amide bonds. The maximum absolute atomic E-state index is 12.2. The van der Waals surface area contributed by atoms with E-state index in [1.165, 1.54) is 12.1 Å². The third-order valence-electron chi connectivity index (χ3n) is 2.98. The monoisotopic (exact) mass is 301 g/mol. The number of sulfonamides is 1. The van der Waals surface area contributed by atoms with Crippen LogP contribution in [0.2, 0.25) is 0 Å². The largest absolute Gasteiger partial charge is 0.478 e. The summed E-state index contributed by atoms with van der Waals surface area (Å²) in [4.78, 5) is 12.6. The van der Waals surface area contributed by atoms with Crippen molar-refractivity contribution in [3.05, 3.63) is 23.8 Å². The molecular weight excluding hydrogens is 282 g/mol. The van der Waals surface area contributed by atoms with Gasteiger partial charge in [-0.05, 0) is 39.2 Å². The predicted octanol–water partition coefficient (Wildman–Crippen LogP) is 0.195. The van der Waals surface area contributed by atoms with Crippen LogP contribution in [0, 0.1) is 0 Å². The van der Waals surface area contributed by atoms with E-state index < -0.39 is 16.0 Å². The van der Waals surface area contributed by atoms with Crippen molar-refractivity contribution in [1.82, 2.24) is 9.62 Å². The number of carboxylic acids is 1. The summed E-state index contributed by atoms with van der Waals surface area (Å²) in [5, 5.41) is 9.04. The highest BCUT2D eigenvalue weighted by atomic mass is 32.2. The molecule has 0 fully saturated rings. The van der Waals surface area contributed by atoms with Crippen LogP contribution in [0.5, 0.6) is 0 Å². The van der Waals surface area contributed by atoms with Gasteiger partial charge in [0.2, 0.25) is 10.0 Å². The number of likely N-dealkylation sites (N-methyl/N-ethyl adjacent to an activating group) is 1. The molecular formula is C12H19N3O4S. The molecule has 0 aliphatic carbocycles. The summed E-state index contributed by atoms with van der Waals surface area (Å²) in [6.45, 7) is 2.02. The molecule has 112 valence electrons. The molecule has 1 atom stereocenters. The first-order valence-corrected chi connectivity index (χ1v) is 7.42. The fourth-order valence-electron chi connectivity index (χ4n) is 1.43. The first kappa shape index (κ1) is 16.4. The van der Waals surface area contributed by atoms with Gasteiger partial charge in [-0.1, -0.05) is 0 Å². The molecule has 0 heterocycles. The molecule has 0 bridgehead atoms. The molecule has 1 rings (SSSR count). The summed E-state index contributed by atoms with van der Waals surface area (Å²) >= 11 is 0. The van der Waals surface area contributed by atoms with E-state index in [1.807, 2.05) is 25.9 Å². The van der Waals surface area contributed by atoms with E-state index in [2.05, 4.69) is 4.72 Å². The highest BCUT2D eigenvalue weighted by Crippen LogP contribution is 2.19. The van der Waals surface area contributed by atoms with Crippen LogP contribution in [0.3, 0.4) is 0 Å². The lowest BCUT2D eigenvalue weighted by molar-refractivity contribution is 0.0692. The maximum Gasteiger partial charge on any atom is 0.337 e. The van der Waals surface area contributed by atoms with E-state index in [-0.39, 0.29) is 28.7 Å². The number of nitrogens with zero attached hydrogens (tertiary/aromatic N) is 1. The quantitative estimate of drug-likeness (QED) is 0.647. The van der Waals surface area contributed by atoms with Crippen LogP contribution in [0.4, 0.5) is 5.69 Å². The Morgan fingerprint density at radius 3 is 2.55 bits per heavy atom. The van der Waals surface area contributed by atoms with Crippen LogP contribution >= 0.6 is 0 Å². The fraction of sp³-hybridized carbons (Fsp3) is 0.417. The molecule has 20 heavy (non-hydrogen) atoms. The second-order valence-electron chi connectivity index (χ2n) is 4.73. The molecule has 0 spiro atoms. The molecule has 1 unspecified atom stereocenters. The third kappa shape index (κ3) is 3.92. The number of rotatable bonds is 6. The van der Waals surface area contributed by atoms with Crippen molar-refractivity contribution in [2.24, 2.45) is 0 Å². The van der Waals surface area contributed by atoms with Gasteiger partial charge in [-0.25, -0.2) is 17.9 Å². The van der Waals surface area contributed by atoms with E-state index in [0.717, 1.165) is 6.07 Å². The van der Waals surface area contributed by atoms with Crippen LogP contribution in [0.25, 0.3) is 0 Å². The highest BCUT2D eigenvalue weighted by molar-refractivity contribution is 7.89. The number of carboxylic acid groups (broad SMARTS) is 1. The topological polar surface area (TPSA) is 113 Å². The van der Waals surface area contributed by atoms with Crippen LogP contribution in [0.1, 0.15) is 17.3 Å². The van der Waals surface area contributed by atoms with Gasteiger partial charge >= 0.3 is 5.97 Å². The van der Waals surface area contributed by atoms with Crippen molar-refractivity contribution in [2.75, 3.05) is 26.4 Å². The smallest absolute Gasteiger partial charge is 0.337 e. The Morgan fingerprint density at radius 1 is 1.45 bits per heavy atom. The highest BCUT2D eigenvalue weighted by Gasteiger charge is 2.23. The Hall–Kier alpha value is -1.64. The van der Waals surface area contributed by atoms with Crippen LogP contribution in [-0.4, -0.2) is 51.1 Å².